The predicted octanol–water partition coefficient (Wildman–Crippen LogP) is 3.23. The van der Waals surface area contributed by atoms with Gasteiger partial charge in [0.05, 0.1) is 54.1 Å². The van der Waals surface area contributed by atoms with Crippen molar-refractivity contribution >= 4 is 34.2 Å². The van der Waals surface area contributed by atoms with Crippen LogP contribution in [-0.2, 0) is 21.5 Å². The number of hydrogen-bond acceptors (Lipinski definition) is 4. The number of benzene rings is 1. The minimum absolute atomic E-state index is 0.173. The third-order valence-corrected chi connectivity index (χ3v) is 6.26. The van der Waals surface area contributed by atoms with Crippen molar-refractivity contribution in [3.05, 3.63) is 53.1 Å². The summed E-state index contributed by atoms with van der Waals surface area (Å²) in [6, 6.07) is 7.98. The molecule has 27 heavy (non-hydrogen) atoms. The number of pyridine rings is 1. The summed E-state index contributed by atoms with van der Waals surface area (Å²) in [6.07, 6.45) is 5.42. The first-order chi connectivity index (χ1) is 13.2. The highest BCUT2D eigenvalue weighted by molar-refractivity contribution is 6.31. The molecule has 1 saturated heterocycles. The maximum absolute atomic E-state index is 13.2. The Morgan fingerprint density at radius 3 is 2.85 bits per heavy atom. The SMILES string of the molecule is O=C1N(Cc2nc3cc(Cl)ccc3n2C2COC2)c2cnccc2C12CC2. The average molecular weight is 381 g/mol. The van der Waals surface area contributed by atoms with Crippen molar-refractivity contribution in [3.63, 3.8) is 0 Å². The summed E-state index contributed by atoms with van der Waals surface area (Å²) in [5, 5.41) is 0.660. The molecule has 136 valence electrons. The van der Waals surface area contributed by atoms with Gasteiger partial charge in [0.15, 0.2) is 0 Å². The molecule has 6 rings (SSSR count). The summed E-state index contributed by atoms with van der Waals surface area (Å²) < 4.78 is 7.62. The minimum Gasteiger partial charge on any atom is -0.377 e. The first kappa shape index (κ1) is 15.6. The number of halogens is 1. The van der Waals surface area contributed by atoms with E-state index in [0.29, 0.717) is 24.8 Å². The molecule has 0 atom stereocenters. The molecule has 1 aliphatic carbocycles. The van der Waals surface area contributed by atoms with Crippen LogP contribution in [0.25, 0.3) is 11.0 Å². The van der Waals surface area contributed by atoms with Crippen molar-refractivity contribution in [1.29, 1.82) is 0 Å². The summed E-state index contributed by atoms with van der Waals surface area (Å²) in [7, 11) is 0. The van der Waals surface area contributed by atoms with Gasteiger partial charge in [0.2, 0.25) is 5.91 Å². The van der Waals surface area contributed by atoms with Crippen LogP contribution in [0.5, 0.6) is 0 Å². The molecule has 0 bridgehead atoms. The summed E-state index contributed by atoms with van der Waals surface area (Å²) >= 11 is 6.17. The highest BCUT2D eigenvalue weighted by atomic mass is 35.5. The first-order valence-electron chi connectivity index (χ1n) is 9.18. The summed E-state index contributed by atoms with van der Waals surface area (Å²) in [4.78, 5) is 24.1. The lowest BCUT2D eigenvalue weighted by Gasteiger charge is -2.30. The zero-order chi connectivity index (χ0) is 18.2. The molecule has 1 spiro atoms. The van der Waals surface area contributed by atoms with Crippen LogP contribution in [0, 0.1) is 0 Å². The number of fused-ring (bicyclic) bond motifs is 3. The summed E-state index contributed by atoms with van der Waals surface area (Å²) in [6.45, 7) is 1.76. The second-order valence-corrected chi connectivity index (χ2v) is 8.03. The molecule has 1 aromatic carbocycles. The van der Waals surface area contributed by atoms with Gasteiger partial charge in [-0.2, -0.15) is 0 Å². The van der Waals surface area contributed by atoms with Crippen LogP contribution in [0.2, 0.25) is 5.02 Å². The lowest BCUT2D eigenvalue weighted by atomic mass is 9.99. The van der Waals surface area contributed by atoms with Crippen molar-refractivity contribution in [1.82, 2.24) is 14.5 Å². The molecule has 3 aliphatic rings. The largest absolute Gasteiger partial charge is 0.377 e. The van der Waals surface area contributed by atoms with E-state index in [1.54, 1.807) is 12.4 Å². The number of hydrogen-bond donors (Lipinski definition) is 0. The van der Waals surface area contributed by atoms with Crippen LogP contribution in [0.15, 0.2) is 36.7 Å². The Morgan fingerprint density at radius 2 is 2.11 bits per heavy atom. The van der Waals surface area contributed by atoms with Gasteiger partial charge in [0.25, 0.3) is 0 Å². The second kappa shape index (κ2) is 5.30. The number of anilines is 1. The molecule has 3 aromatic rings. The summed E-state index contributed by atoms with van der Waals surface area (Å²) in [5.41, 5.74) is 3.59. The van der Waals surface area contributed by atoms with Crippen LogP contribution in [0.4, 0.5) is 5.69 Å². The van der Waals surface area contributed by atoms with Crippen molar-refractivity contribution in [2.45, 2.75) is 30.8 Å². The quantitative estimate of drug-likeness (QED) is 0.700. The van der Waals surface area contributed by atoms with Gasteiger partial charge in [0.1, 0.15) is 5.82 Å². The molecular weight excluding hydrogens is 364 g/mol. The number of aromatic nitrogens is 3. The van der Waals surface area contributed by atoms with Crippen molar-refractivity contribution in [3.8, 4) is 0 Å². The molecule has 2 aromatic heterocycles. The highest BCUT2D eigenvalue weighted by Crippen LogP contribution is 2.57. The molecule has 0 N–H and O–H groups in total. The minimum atomic E-state index is -0.321. The normalized spacial score (nSPS) is 20.3. The van der Waals surface area contributed by atoms with Crippen LogP contribution in [-0.4, -0.2) is 33.7 Å². The fourth-order valence-corrected chi connectivity index (χ4v) is 4.57. The predicted molar refractivity (Wildman–Crippen MR) is 101 cm³/mol. The molecule has 7 heteroatoms. The number of ether oxygens (including phenoxy) is 1. The maximum atomic E-state index is 13.2. The Kier molecular flexibility index (Phi) is 3.06. The van der Waals surface area contributed by atoms with E-state index in [9.17, 15) is 4.79 Å². The van der Waals surface area contributed by atoms with Gasteiger partial charge < -0.3 is 14.2 Å². The number of nitrogens with zero attached hydrogens (tertiary/aromatic N) is 4. The van der Waals surface area contributed by atoms with Gasteiger partial charge in [0, 0.05) is 11.2 Å². The monoisotopic (exact) mass is 380 g/mol. The Bertz CT molecular complexity index is 1100. The maximum Gasteiger partial charge on any atom is 0.238 e. The van der Waals surface area contributed by atoms with Crippen molar-refractivity contribution in [2.75, 3.05) is 18.1 Å². The van der Waals surface area contributed by atoms with E-state index in [2.05, 4.69) is 9.55 Å². The first-order valence-corrected chi connectivity index (χ1v) is 9.56. The fraction of sp³-hybridized carbons (Fsp3) is 0.350. The zero-order valence-electron chi connectivity index (χ0n) is 14.6. The van der Waals surface area contributed by atoms with Gasteiger partial charge in [-0.3, -0.25) is 9.78 Å². The molecule has 0 unspecified atom stereocenters. The van der Waals surface area contributed by atoms with Gasteiger partial charge in [-0.1, -0.05) is 11.6 Å². The molecule has 1 saturated carbocycles. The van der Waals surface area contributed by atoms with Gasteiger partial charge in [-0.15, -0.1) is 0 Å². The topological polar surface area (TPSA) is 60.2 Å². The summed E-state index contributed by atoms with van der Waals surface area (Å²) in [5.74, 6) is 1.04. The molecular formula is C20H17ClN4O2. The molecule has 0 radical (unpaired) electrons. The van der Waals surface area contributed by atoms with E-state index in [1.807, 2.05) is 29.2 Å². The second-order valence-electron chi connectivity index (χ2n) is 7.59. The number of carbonyl (C=O) groups excluding carboxylic acids is 1. The third kappa shape index (κ3) is 2.08. The van der Waals surface area contributed by atoms with E-state index < -0.39 is 0 Å². The van der Waals surface area contributed by atoms with Crippen molar-refractivity contribution < 1.29 is 9.53 Å². The molecule has 4 heterocycles. The third-order valence-electron chi connectivity index (χ3n) is 6.02. The van der Waals surface area contributed by atoms with Crippen LogP contribution >= 0.6 is 11.6 Å². The van der Waals surface area contributed by atoms with E-state index >= 15 is 0 Å². The Morgan fingerprint density at radius 1 is 1.26 bits per heavy atom. The van der Waals surface area contributed by atoms with E-state index in [-0.39, 0.29) is 17.4 Å². The number of amides is 1. The molecule has 2 aliphatic heterocycles. The average Bonchev–Trinajstić information content (AvgIpc) is 3.32. The van der Waals surface area contributed by atoms with Crippen LogP contribution in [0.3, 0.4) is 0 Å². The molecule has 1 amide bonds. The number of carbonyl (C=O) groups is 1. The molecule has 2 fully saturated rings. The zero-order valence-corrected chi connectivity index (χ0v) is 15.3. The van der Waals surface area contributed by atoms with Gasteiger partial charge >= 0.3 is 0 Å². The Labute approximate surface area is 160 Å². The fourth-order valence-electron chi connectivity index (χ4n) is 4.41. The van der Waals surface area contributed by atoms with E-state index in [1.165, 1.54) is 0 Å². The standard InChI is InChI=1S/C20H17ClN4O2/c21-12-1-2-16-15(7-12)23-18(25(16)13-10-27-11-13)9-24-17-8-22-6-3-14(17)20(4-5-20)19(24)26/h1-3,6-8,13H,4-5,9-11H2. The lowest BCUT2D eigenvalue weighted by molar-refractivity contribution is -0.120. The van der Waals surface area contributed by atoms with Crippen molar-refractivity contribution in [2.24, 2.45) is 0 Å². The number of rotatable bonds is 3. The van der Waals surface area contributed by atoms with E-state index in [0.717, 1.165) is 41.0 Å². The molecule has 6 nitrogen and oxygen atoms in total. The highest BCUT2D eigenvalue weighted by Gasteiger charge is 2.59. The van der Waals surface area contributed by atoms with Crippen LogP contribution in [0.1, 0.15) is 30.3 Å². The smallest absolute Gasteiger partial charge is 0.238 e. The van der Waals surface area contributed by atoms with Crippen LogP contribution < -0.4 is 4.90 Å². The van der Waals surface area contributed by atoms with E-state index in [4.69, 9.17) is 21.3 Å². The van der Waals surface area contributed by atoms with Gasteiger partial charge in [-0.05, 0) is 42.7 Å². The van der Waals surface area contributed by atoms with Gasteiger partial charge in [-0.25, -0.2) is 4.98 Å². The lowest BCUT2D eigenvalue weighted by Crippen LogP contribution is -2.36. The Balaban J connectivity index is 1.47. The number of imidazole rings is 1. The Hall–Kier alpha value is -2.44.